The number of aromatic nitrogens is 4. The highest BCUT2D eigenvalue weighted by atomic mass is 32.2. The summed E-state index contributed by atoms with van der Waals surface area (Å²) < 4.78 is 51.5. The first-order valence-corrected chi connectivity index (χ1v) is 20.5. The van der Waals surface area contributed by atoms with E-state index in [1.807, 2.05) is 31.3 Å². The van der Waals surface area contributed by atoms with Crippen molar-refractivity contribution in [3.63, 3.8) is 0 Å². The standard InChI is InChI=1S/C22H21N3O3S.C17H19N3O2S/c1-15-3-6-19(7-4-15)29(26,27)28-18-13-24(14-18)17-9-10-25-21-11-16(2)5-8-20(21)23-22(25)12-17;1-12-4-5-15-16(8-12)20-7-6-13(9-17(20)18-15)19-10-14(11-19)22-23(2,3)21/h3-12,18H,13-14H2,1-2H3;4-9,14H,2,10-11H2,1,3H3. The monoisotopic (exact) mass is 736 g/mol. The zero-order valence-electron chi connectivity index (χ0n) is 29.5. The molecule has 13 heteroatoms. The van der Waals surface area contributed by atoms with E-state index in [9.17, 15) is 12.6 Å². The topological polar surface area (TPSA) is 111 Å². The lowest BCUT2D eigenvalue weighted by atomic mass is 10.1. The molecule has 2 aliphatic heterocycles. The minimum Gasteiger partial charge on any atom is -0.366 e. The Morgan fingerprint density at radius 2 is 1.06 bits per heavy atom. The third-order valence-corrected chi connectivity index (χ3v) is 11.5. The molecule has 0 saturated carbocycles. The number of nitrogens with zero attached hydrogens (tertiary/aromatic N) is 6. The molecule has 0 aliphatic carbocycles. The molecule has 1 unspecified atom stereocenters. The molecular formula is C39H40N6O5S2. The SMILES string of the molecule is C=S(C)(=O)OC1CN(c2ccn3c(c2)nc2ccc(C)cc23)C1.Cc1ccc(S(=O)(=O)OC2CN(c3ccn4c(c3)nc3ccc(C)cc34)C2)cc1. The highest BCUT2D eigenvalue weighted by Gasteiger charge is 2.33. The quantitative estimate of drug-likeness (QED) is 0.145. The van der Waals surface area contributed by atoms with Gasteiger partial charge in [0.1, 0.15) is 23.5 Å². The van der Waals surface area contributed by atoms with Gasteiger partial charge in [0.25, 0.3) is 10.1 Å². The predicted molar refractivity (Wildman–Crippen MR) is 209 cm³/mol. The van der Waals surface area contributed by atoms with Gasteiger partial charge < -0.3 is 9.80 Å². The number of rotatable bonds is 7. The number of hydrogen-bond donors (Lipinski definition) is 0. The van der Waals surface area contributed by atoms with E-state index < -0.39 is 19.9 Å². The minimum atomic E-state index is -3.74. The maximum absolute atomic E-state index is 12.4. The number of fused-ring (bicyclic) bond motifs is 6. The summed E-state index contributed by atoms with van der Waals surface area (Å²) in [7, 11) is -6.13. The molecule has 7 aromatic rings. The van der Waals surface area contributed by atoms with Gasteiger partial charge in [0, 0.05) is 68.3 Å². The normalized spacial score (nSPS) is 16.5. The molecule has 0 radical (unpaired) electrons. The predicted octanol–water partition coefficient (Wildman–Crippen LogP) is 5.96. The summed E-state index contributed by atoms with van der Waals surface area (Å²) in [6.45, 7) is 8.59. The Bertz CT molecular complexity index is 2690. The van der Waals surface area contributed by atoms with Crippen LogP contribution in [-0.2, 0) is 28.3 Å². The average Bonchev–Trinajstić information content (AvgIpc) is 3.60. The van der Waals surface area contributed by atoms with Gasteiger partial charge in [-0.05, 0) is 86.3 Å². The molecule has 9 rings (SSSR count). The van der Waals surface area contributed by atoms with Crippen LogP contribution in [0.5, 0.6) is 0 Å². The van der Waals surface area contributed by atoms with Crippen LogP contribution >= 0.6 is 0 Å². The van der Waals surface area contributed by atoms with Crippen molar-refractivity contribution in [1.82, 2.24) is 18.8 Å². The van der Waals surface area contributed by atoms with Crippen LogP contribution in [0.25, 0.3) is 33.4 Å². The van der Waals surface area contributed by atoms with Crippen molar-refractivity contribution < 1.29 is 21.0 Å². The van der Waals surface area contributed by atoms with Gasteiger partial charge in [-0.1, -0.05) is 29.8 Å². The van der Waals surface area contributed by atoms with E-state index in [0.29, 0.717) is 13.1 Å². The minimum absolute atomic E-state index is 0.0114. The Morgan fingerprint density at radius 1 is 0.615 bits per heavy atom. The molecule has 3 aromatic carbocycles. The Hall–Kier alpha value is -4.95. The van der Waals surface area contributed by atoms with Crippen molar-refractivity contribution in [3.8, 4) is 0 Å². The van der Waals surface area contributed by atoms with Crippen molar-refractivity contribution in [3.05, 3.63) is 114 Å². The lowest BCUT2D eigenvalue weighted by Crippen LogP contribution is -2.53. The van der Waals surface area contributed by atoms with E-state index >= 15 is 0 Å². The zero-order chi connectivity index (χ0) is 36.4. The Kier molecular flexibility index (Phi) is 8.49. The number of pyridine rings is 2. The summed E-state index contributed by atoms with van der Waals surface area (Å²) in [5.41, 5.74) is 11.5. The van der Waals surface area contributed by atoms with Crippen molar-refractivity contribution in [2.45, 2.75) is 37.9 Å². The number of aryl methyl sites for hydroxylation is 3. The first-order valence-electron chi connectivity index (χ1n) is 17.1. The Morgan fingerprint density at radius 3 is 1.52 bits per heavy atom. The van der Waals surface area contributed by atoms with E-state index in [2.05, 4.69) is 92.0 Å². The molecule has 268 valence electrons. The first kappa shape index (κ1) is 34.2. The second-order valence-corrected chi connectivity index (χ2v) is 17.5. The van der Waals surface area contributed by atoms with Crippen LogP contribution in [-0.4, -0.2) is 81.9 Å². The van der Waals surface area contributed by atoms with Crippen molar-refractivity contribution in [1.29, 1.82) is 0 Å². The number of hydrogen-bond acceptors (Lipinski definition) is 9. The third-order valence-electron chi connectivity index (χ3n) is 9.43. The van der Waals surface area contributed by atoms with Crippen molar-refractivity contribution in [2.75, 3.05) is 42.2 Å². The third kappa shape index (κ3) is 6.84. The van der Waals surface area contributed by atoms with Crippen molar-refractivity contribution >= 4 is 70.5 Å². The van der Waals surface area contributed by atoms with Gasteiger partial charge in [-0.25, -0.2) is 14.2 Å². The van der Waals surface area contributed by atoms with E-state index in [-0.39, 0.29) is 17.1 Å². The molecule has 0 bridgehead atoms. The molecule has 1 atom stereocenters. The average molecular weight is 737 g/mol. The zero-order valence-corrected chi connectivity index (χ0v) is 31.1. The van der Waals surface area contributed by atoms with Crippen LogP contribution in [0.3, 0.4) is 0 Å². The molecule has 11 nitrogen and oxygen atoms in total. The van der Waals surface area contributed by atoms with E-state index in [1.165, 1.54) is 17.4 Å². The smallest absolute Gasteiger partial charge is 0.297 e. The van der Waals surface area contributed by atoms with Gasteiger partial charge in [0.2, 0.25) is 0 Å². The molecule has 2 saturated heterocycles. The van der Waals surface area contributed by atoms with E-state index in [1.54, 1.807) is 24.3 Å². The summed E-state index contributed by atoms with van der Waals surface area (Å²) >= 11 is 0. The fraction of sp³-hybridized carbons (Fsp3) is 0.256. The summed E-state index contributed by atoms with van der Waals surface area (Å²) in [5, 5.41) is 0. The molecule has 52 heavy (non-hydrogen) atoms. The second-order valence-electron chi connectivity index (χ2n) is 13.9. The van der Waals surface area contributed by atoms with E-state index in [4.69, 9.17) is 13.4 Å². The number of imidazole rings is 2. The van der Waals surface area contributed by atoms with Crippen LogP contribution in [0.15, 0.2) is 102 Å². The maximum atomic E-state index is 12.4. The van der Waals surface area contributed by atoms with Gasteiger partial charge in [0.05, 0.1) is 36.8 Å². The second kappa shape index (κ2) is 12.9. The summed E-state index contributed by atoms with van der Waals surface area (Å²) in [6, 6.07) is 27.4. The van der Waals surface area contributed by atoms with Gasteiger partial charge in [0.15, 0.2) is 0 Å². The lowest BCUT2D eigenvalue weighted by molar-refractivity contribution is 0.175. The lowest BCUT2D eigenvalue weighted by Gasteiger charge is -2.40. The molecule has 2 fully saturated rings. The van der Waals surface area contributed by atoms with Crippen LogP contribution < -0.4 is 9.80 Å². The van der Waals surface area contributed by atoms with Crippen LogP contribution in [0.4, 0.5) is 11.4 Å². The molecule has 0 spiro atoms. The van der Waals surface area contributed by atoms with Crippen molar-refractivity contribution in [2.24, 2.45) is 0 Å². The van der Waals surface area contributed by atoms with Gasteiger partial charge >= 0.3 is 0 Å². The highest BCUT2D eigenvalue weighted by Crippen LogP contribution is 2.29. The highest BCUT2D eigenvalue weighted by molar-refractivity contribution is 7.95. The molecule has 6 heterocycles. The van der Waals surface area contributed by atoms with E-state index in [0.717, 1.165) is 63.4 Å². The number of benzene rings is 3. The van der Waals surface area contributed by atoms with Gasteiger partial charge in [-0.2, -0.15) is 8.42 Å². The Labute approximate surface area is 303 Å². The van der Waals surface area contributed by atoms with Gasteiger partial charge in [-0.15, -0.1) is 0 Å². The van der Waals surface area contributed by atoms with Crippen LogP contribution in [0.2, 0.25) is 0 Å². The molecule has 2 aliphatic rings. The summed E-state index contributed by atoms with van der Waals surface area (Å²) in [5.74, 6) is 3.54. The molecule has 4 aromatic heterocycles. The first-order chi connectivity index (χ1) is 24.8. The molecular weight excluding hydrogens is 697 g/mol. The van der Waals surface area contributed by atoms with Crippen LogP contribution in [0.1, 0.15) is 16.7 Å². The van der Waals surface area contributed by atoms with Crippen LogP contribution in [0, 0.1) is 20.8 Å². The largest absolute Gasteiger partial charge is 0.366 e. The Balaban J connectivity index is 0.000000153. The maximum Gasteiger partial charge on any atom is 0.297 e. The fourth-order valence-corrected chi connectivity index (χ4v) is 8.42. The van der Waals surface area contributed by atoms with Gasteiger partial charge in [-0.3, -0.25) is 17.2 Å². The summed E-state index contributed by atoms with van der Waals surface area (Å²) in [6.07, 6.45) is 5.23. The fourth-order valence-electron chi connectivity index (χ4n) is 6.66. The molecule has 0 N–H and O–H groups in total. The number of anilines is 2. The molecule has 0 amide bonds. The summed E-state index contributed by atoms with van der Waals surface area (Å²) in [4.78, 5) is 13.9.